The second kappa shape index (κ2) is 6.83. The van der Waals surface area contributed by atoms with Crippen molar-refractivity contribution in [1.29, 1.82) is 0 Å². The van der Waals surface area contributed by atoms with E-state index in [1.807, 2.05) is 30.3 Å². The second-order valence-corrected chi connectivity index (χ2v) is 5.60. The number of likely N-dealkylation sites (tertiary alicyclic amines) is 1. The molecule has 0 radical (unpaired) electrons. The van der Waals surface area contributed by atoms with Gasteiger partial charge in [0.25, 0.3) is 0 Å². The molecule has 1 saturated heterocycles. The van der Waals surface area contributed by atoms with Crippen molar-refractivity contribution in [1.82, 2.24) is 15.0 Å². The van der Waals surface area contributed by atoms with Gasteiger partial charge in [0.15, 0.2) is 0 Å². The molecule has 2 heterocycles. The normalized spacial score (nSPS) is 17.8. The molecule has 1 atom stereocenters. The number of aromatic nitrogens is 2. The van der Waals surface area contributed by atoms with E-state index in [-0.39, 0.29) is 0 Å². The topological polar surface area (TPSA) is 62.4 Å². The Bertz CT molecular complexity index is 550. The van der Waals surface area contributed by atoms with E-state index in [9.17, 15) is 5.11 Å². The first-order valence-corrected chi connectivity index (χ1v) is 7.60. The molecule has 1 aromatic carbocycles. The van der Waals surface area contributed by atoms with Gasteiger partial charge in [-0.15, -0.1) is 0 Å². The summed E-state index contributed by atoms with van der Waals surface area (Å²) >= 11 is 0. The molecule has 0 bridgehead atoms. The predicted molar refractivity (Wildman–Crippen MR) is 79.7 cm³/mol. The fourth-order valence-corrected chi connectivity index (χ4v) is 2.75. The molecule has 0 spiro atoms. The Labute approximate surface area is 124 Å². The summed E-state index contributed by atoms with van der Waals surface area (Å²) in [5, 5.41) is 14.1. The summed E-state index contributed by atoms with van der Waals surface area (Å²) < 4.78 is 5.24. The summed E-state index contributed by atoms with van der Waals surface area (Å²) in [4.78, 5) is 6.67. The van der Waals surface area contributed by atoms with Gasteiger partial charge in [-0.2, -0.15) is 4.98 Å². The maximum Gasteiger partial charge on any atom is 0.229 e. The maximum absolute atomic E-state index is 10.2. The molecule has 1 aliphatic heterocycles. The number of β-amino-alcohol motifs (C(OH)–C–C–N with tert-alkyl or cyclic N) is 1. The van der Waals surface area contributed by atoms with E-state index >= 15 is 0 Å². The van der Waals surface area contributed by atoms with E-state index in [4.69, 9.17) is 4.52 Å². The Hall–Kier alpha value is -1.72. The van der Waals surface area contributed by atoms with Crippen molar-refractivity contribution in [2.45, 2.75) is 31.8 Å². The largest absolute Gasteiger partial charge is 0.391 e. The van der Waals surface area contributed by atoms with Crippen molar-refractivity contribution in [3.05, 3.63) is 36.2 Å². The zero-order valence-corrected chi connectivity index (χ0v) is 12.1. The van der Waals surface area contributed by atoms with E-state index in [0.717, 1.165) is 18.7 Å². The fourth-order valence-electron chi connectivity index (χ4n) is 2.75. The number of rotatable bonds is 5. The number of nitrogens with zero attached hydrogens (tertiary/aromatic N) is 3. The van der Waals surface area contributed by atoms with Crippen LogP contribution in [-0.4, -0.2) is 45.9 Å². The van der Waals surface area contributed by atoms with Gasteiger partial charge in [-0.25, -0.2) is 0 Å². The van der Waals surface area contributed by atoms with Crippen molar-refractivity contribution in [2.24, 2.45) is 0 Å². The van der Waals surface area contributed by atoms with Crippen LogP contribution in [0, 0.1) is 0 Å². The Morgan fingerprint density at radius 2 is 1.90 bits per heavy atom. The minimum absolute atomic E-state index is 0.413. The first kappa shape index (κ1) is 14.2. The van der Waals surface area contributed by atoms with Gasteiger partial charge >= 0.3 is 0 Å². The molecule has 5 nitrogen and oxygen atoms in total. The van der Waals surface area contributed by atoms with Crippen LogP contribution >= 0.6 is 0 Å². The summed E-state index contributed by atoms with van der Waals surface area (Å²) in [6, 6.07) is 9.72. The molecule has 1 N–H and O–H groups in total. The highest BCUT2D eigenvalue weighted by molar-refractivity contribution is 5.53. The lowest BCUT2D eigenvalue weighted by Crippen LogP contribution is -2.37. The van der Waals surface area contributed by atoms with E-state index < -0.39 is 6.10 Å². The van der Waals surface area contributed by atoms with Gasteiger partial charge in [0.05, 0.1) is 12.5 Å². The average molecular weight is 287 g/mol. The zero-order chi connectivity index (χ0) is 14.5. The smallest absolute Gasteiger partial charge is 0.229 e. The van der Waals surface area contributed by atoms with Gasteiger partial charge in [0, 0.05) is 12.1 Å². The summed E-state index contributed by atoms with van der Waals surface area (Å²) in [5.74, 6) is 1.08. The number of benzene rings is 1. The van der Waals surface area contributed by atoms with Gasteiger partial charge in [-0.3, -0.25) is 0 Å². The molecule has 1 unspecified atom stereocenters. The third-order valence-electron chi connectivity index (χ3n) is 3.83. The average Bonchev–Trinajstić information content (AvgIpc) is 2.97. The number of hydrogen-bond acceptors (Lipinski definition) is 5. The number of hydrogen-bond donors (Lipinski definition) is 1. The summed E-state index contributed by atoms with van der Waals surface area (Å²) in [5.41, 5.74) is 0.929. The van der Waals surface area contributed by atoms with Crippen LogP contribution in [0.5, 0.6) is 0 Å². The summed E-state index contributed by atoms with van der Waals surface area (Å²) in [7, 11) is 0. The standard InChI is InChI=1S/C16H21N3O2/c20-14(12-19-9-5-2-6-10-19)11-15-17-16(18-21-15)13-7-3-1-4-8-13/h1,3-4,7-8,14,20H,2,5-6,9-12H2. The molecule has 3 rings (SSSR count). The lowest BCUT2D eigenvalue weighted by Gasteiger charge is -2.27. The number of aliphatic hydroxyl groups is 1. The van der Waals surface area contributed by atoms with Gasteiger partial charge in [0.1, 0.15) is 0 Å². The minimum Gasteiger partial charge on any atom is -0.391 e. The van der Waals surface area contributed by atoms with Crippen LogP contribution in [-0.2, 0) is 6.42 Å². The fraction of sp³-hybridized carbons (Fsp3) is 0.500. The highest BCUT2D eigenvalue weighted by Crippen LogP contribution is 2.16. The highest BCUT2D eigenvalue weighted by Gasteiger charge is 2.17. The van der Waals surface area contributed by atoms with Crippen LogP contribution in [0.25, 0.3) is 11.4 Å². The Morgan fingerprint density at radius 3 is 2.67 bits per heavy atom. The van der Waals surface area contributed by atoms with Crippen LogP contribution in [0.4, 0.5) is 0 Å². The maximum atomic E-state index is 10.2. The van der Waals surface area contributed by atoms with E-state index in [1.54, 1.807) is 0 Å². The number of aliphatic hydroxyl groups excluding tert-OH is 1. The molecule has 5 heteroatoms. The summed E-state index contributed by atoms with van der Waals surface area (Å²) in [6.07, 6.45) is 3.72. The van der Waals surface area contributed by atoms with Crippen molar-refractivity contribution >= 4 is 0 Å². The molecular formula is C16H21N3O2. The third kappa shape index (κ3) is 3.89. The molecule has 21 heavy (non-hydrogen) atoms. The van der Waals surface area contributed by atoms with Crippen LogP contribution in [0.15, 0.2) is 34.9 Å². The van der Waals surface area contributed by atoms with Crippen molar-refractivity contribution in [2.75, 3.05) is 19.6 Å². The van der Waals surface area contributed by atoms with Crippen molar-refractivity contribution in [3.63, 3.8) is 0 Å². The van der Waals surface area contributed by atoms with E-state index in [0.29, 0.717) is 24.7 Å². The third-order valence-corrected chi connectivity index (χ3v) is 3.83. The molecule has 2 aromatic rings. The molecule has 1 fully saturated rings. The number of piperidine rings is 1. The van der Waals surface area contributed by atoms with E-state index in [1.165, 1.54) is 19.3 Å². The summed E-state index contributed by atoms with van der Waals surface area (Å²) in [6.45, 7) is 2.84. The monoisotopic (exact) mass is 287 g/mol. The highest BCUT2D eigenvalue weighted by atomic mass is 16.5. The van der Waals surface area contributed by atoms with Crippen molar-refractivity contribution in [3.8, 4) is 11.4 Å². The van der Waals surface area contributed by atoms with Gasteiger partial charge in [0.2, 0.25) is 11.7 Å². The Kier molecular flexibility index (Phi) is 4.62. The van der Waals surface area contributed by atoms with Crippen LogP contribution in [0.2, 0.25) is 0 Å². The predicted octanol–water partition coefficient (Wildman–Crippen LogP) is 2.13. The van der Waals surface area contributed by atoms with Gasteiger partial charge in [-0.1, -0.05) is 41.9 Å². The SMILES string of the molecule is OC(Cc1nc(-c2ccccc2)no1)CN1CCCCC1. The van der Waals surface area contributed by atoms with Crippen molar-refractivity contribution < 1.29 is 9.63 Å². The molecule has 1 aromatic heterocycles. The lowest BCUT2D eigenvalue weighted by atomic mass is 10.1. The quantitative estimate of drug-likeness (QED) is 0.912. The molecule has 0 saturated carbocycles. The Morgan fingerprint density at radius 1 is 1.14 bits per heavy atom. The zero-order valence-electron chi connectivity index (χ0n) is 12.1. The first-order chi connectivity index (χ1) is 10.3. The van der Waals surface area contributed by atoms with Crippen LogP contribution in [0.1, 0.15) is 25.2 Å². The molecule has 0 amide bonds. The minimum atomic E-state index is -0.452. The van der Waals surface area contributed by atoms with Crippen LogP contribution < -0.4 is 0 Å². The van der Waals surface area contributed by atoms with E-state index in [2.05, 4.69) is 15.0 Å². The molecule has 1 aliphatic rings. The first-order valence-electron chi connectivity index (χ1n) is 7.60. The Balaban J connectivity index is 1.56. The molecule has 112 valence electrons. The van der Waals surface area contributed by atoms with Crippen LogP contribution in [0.3, 0.4) is 0 Å². The van der Waals surface area contributed by atoms with Gasteiger partial charge in [-0.05, 0) is 25.9 Å². The second-order valence-electron chi connectivity index (χ2n) is 5.60. The van der Waals surface area contributed by atoms with Gasteiger partial charge < -0.3 is 14.5 Å². The molecule has 0 aliphatic carbocycles. The lowest BCUT2D eigenvalue weighted by molar-refractivity contribution is 0.0949. The molecular weight excluding hydrogens is 266 g/mol.